The molecule has 1 atom stereocenters. The third-order valence-electron chi connectivity index (χ3n) is 5.00. The standard InChI is InChI=1S/C18H37N5.HI/c1-4-19-18(23-13-5-8-17(2)16-23)20-9-6-11-22-12-7-10-21(3)14-15-22;/h17H,4-16H2,1-3H3,(H,19,20);1H. The van der Waals surface area contributed by atoms with Gasteiger partial charge in [0.15, 0.2) is 5.96 Å². The van der Waals surface area contributed by atoms with Gasteiger partial charge in [-0.3, -0.25) is 4.99 Å². The van der Waals surface area contributed by atoms with Crippen LogP contribution in [0.25, 0.3) is 0 Å². The molecule has 0 aromatic carbocycles. The molecule has 2 saturated heterocycles. The number of aliphatic imine (C=N–C) groups is 1. The minimum atomic E-state index is 0. The highest BCUT2D eigenvalue weighted by Crippen LogP contribution is 2.15. The average molecular weight is 451 g/mol. The van der Waals surface area contributed by atoms with Crippen molar-refractivity contribution in [3.8, 4) is 0 Å². The van der Waals surface area contributed by atoms with Crippen LogP contribution in [0.2, 0.25) is 0 Å². The Bertz CT molecular complexity index is 363. The lowest BCUT2D eigenvalue weighted by atomic mass is 10.0. The highest BCUT2D eigenvalue weighted by Gasteiger charge is 2.19. The zero-order valence-corrected chi connectivity index (χ0v) is 18.3. The fourth-order valence-electron chi connectivity index (χ4n) is 3.61. The number of nitrogens with zero attached hydrogens (tertiary/aromatic N) is 4. The maximum Gasteiger partial charge on any atom is 0.193 e. The fourth-order valence-corrected chi connectivity index (χ4v) is 3.61. The topological polar surface area (TPSA) is 34.1 Å². The number of likely N-dealkylation sites (N-methyl/N-ethyl adjacent to an activating group) is 1. The molecule has 0 bridgehead atoms. The molecule has 24 heavy (non-hydrogen) atoms. The van der Waals surface area contributed by atoms with Gasteiger partial charge >= 0.3 is 0 Å². The van der Waals surface area contributed by atoms with Crippen LogP contribution in [0.4, 0.5) is 0 Å². The monoisotopic (exact) mass is 451 g/mol. The predicted octanol–water partition coefficient (Wildman–Crippen LogP) is 2.33. The summed E-state index contributed by atoms with van der Waals surface area (Å²) in [5, 5.41) is 3.48. The van der Waals surface area contributed by atoms with E-state index in [1.54, 1.807) is 0 Å². The Kier molecular flexibility index (Phi) is 11.3. The summed E-state index contributed by atoms with van der Waals surface area (Å²) in [6.45, 7) is 14.8. The molecule has 2 heterocycles. The molecule has 0 amide bonds. The molecule has 1 N–H and O–H groups in total. The van der Waals surface area contributed by atoms with E-state index in [4.69, 9.17) is 4.99 Å². The summed E-state index contributed by atoms with van der Waals surface area (Å²) < 4.78 is 0. The van der Waals surface area contributed by atoms with Crippen LogP contribution in [0.15, 0.2) is 4.99 Å². The minimum Gasteiger partial charge on any atom is -0.357 e. The summed E-state index contributed by atoms with van der Waals surface area (Å²) in [6.07, 6.45) is 5.13. The van der Waals surface area contributed by atoms with Crippen molar-refractivity contribution in [2.75, 3.05) is 66.0 Å². The molecule has 6 heteroatoms. The quantitative estimate of drug-likeness (QED) is 0.301. The van der Waals surface area contributed by atoms with E-state index < -0.39 is 0 Å². The Morgan fingerprint density at radius 3 is 2.71 bits per heavy atom. The van der Waals surface area contributed by atoms with Crippen LogP contribution in [0, 0.1) is 5.92 Å². The second kappa shape index (κ2) is 12.3. The van der Waals surface area contributed by atoms with Gasteiger partial charge in [-0.25, -0.2) is 0 Å². The number of hydrogen-bond donors (Lipinski definition) is 1. The smallest absolute Gasteiger partial charge is 0.193 e. The van der Waals surface area contributed by atoms with Gasteiger partial charge in [0, 0.05) is 39.3 Å². The van der Waals surface area contributed by atoms with Gasteiger partial charge in [0.2, 0.25) is 0 Å². The lowest BCUT2D eigenvalue weighted by Crippen LogP contribution is -2.46. The van der Waals surface area contributed by atoms with E-state index in [1.165, 1.54) is 58.4 Å². The van der Waals surface area contributed by atoms with Gasteiger partial charge in [0.25, 0.3) is 0 Å². The van der Waals surface area contributed by atoms with Gasteiger partial charge in [-0.05, 0) is 65.2 Å². The zero-order chi connectivity index (χ0) is 16.5. The lowest BCUT2D eigenvalue weighted by molar-refractivity contribution is 0.264. The average Bonchev–Trinajstić information content (AvgIpc) is 2.75. The predicted molar refractivity (Wildman–Crippen MR) is 115 cm³/mol. The van der Waals surface area contributed by atoms with E-state index in [0.717, 1.165) is 38.1 Å². The van der Waals surface area contributed by atoms with Crippen molar-refractivity contribution in [3.05, 3.63) is 0 Å². The summed E-state index contributed by atoms with van der Waals surface area (Å²) in [6, 6.07) is 0. The molecular weight excluding hydrogens is 413 g/mol. The van der Waals surface area contributed by atoms with Crippen LogP contribution in [0.5, 0.6) is 0 Å². The second-order valence-electron chi connectivity index (χ2n) is 7.28. The summed E-state index contributed by atoms with van der Waals surface area (Å²) in [7, 11) is 2.23. The highest BCUT2D eigenvalue weighted by atomic mass is 127. The molecule has 2 aliphatic rings. The number of halogens is 1. The zero-order valence-electron chi connectivity index (χ0n) is 16.0. The van der Waals surface area contributed by atoms with Crippen LogP contribution >= 0.6 is 24.0 Å². The Morgan fingerprint density at radius 1 is 1.12 bits per heavy atom. The van der Waals surface area contributed by atoms with Gasteiger partial charge in [-0.2, -0.15) is 0 Å². The maximum atomic E-state index is 4.89. The van der Waals surface area contributed by atoms with Crippen LogP contribution in [-0.2, 0) is 0 Å². The van der Waals surface area contributed by atoms with E-state index in [0.29, 0.717) is 0 Å². The van der Waals surface area contributed by atoms with Crippen LogP contribution in [0.3, 0.4) is 0 Å². The van der Waals surface area contributed by atoms with Crippen molar-refractivity contribution >= 4 is 29.9 Å². The minimum absolute atomic E-state index is 0. The van der Waals surface area contributed by atoms with E-state index in [1.807, 2.05) is 0 Å². The second-order valence-corrected chi connectivity index (χ2v) is 7.28. The number of guanidine groups is 1. The van der Waals surface area contributed by atoms with E-state index in [9.17, 15) is 0 Å². The van der Waals surface area contributed by atoms with Crippen molar-refractivity contribution in [1.82, 2.24) is 20.0 Å². The first-order chi connectivity index (χ1) is 11.2. The first-order valence-corrected chi connectivity index (χ1v) is 9.63. The van der Waals surface area contributed by atoms with Crippen molar-refractivity contribution < 1.29 is 0 Å². The Hall–Kier alpha value is -0.0800. The first kappa shape index (κ1) is 22.0. The molecule has 5 nitrogen and oxygen atoms in total. The molecule has 2 fully saturated rings. The molecule has 0 radical (unpaired) electrons. The van der Waals surface area contributed by atoms with Gasteiger partial charge in [-0.15, -0.1) is 24.0 Å². The number of piperidine rings is 1. The summed E-state index contributed by atoms with van der Waals surface area (Å²) in [4.78, 5) is 12.4. The highest BCUT2D eigenvalue weighted by molar-refractivity contribution is 14.0. The number of hydrogen-bond acceptors (Lipinski definition) is 3. The summed E-state index contributed by atoms with van der Waals surface area (Å²) in [5.41, 5.74) is 0. The Balaban J connectivity index is 0.00000288. The molecular formula is C18H38IN5. The van der Waals surface area contributed by atoms with Crippen LogP contribution in [-0.4, -0.2) is 86.6 Å². The molecule has 0 aliphatic carbocycles. The third kappa shape index (κ3) is 7.87. The molecule has 0 aromatic heterocycles. The summed E-state index contributed by atoms with van der Waals surface area (Å²) in [5.74, 6) is 1.93. The molecule has 0 spiro atoms. The molecule has 2 aliphatic heterocycles. The number of nitrogens with one attached hydrogen (secondary N) is 1. The largest absolute Gasteiger partial charge is 0.357 e. The summed E-state index contributed by atoms with van der Waals surface area (Å²) >= 11 is 0. The Labute approximate surface area is 166 Å². The number of rotatable bonds is 5. The van der Waals surface area contributed by atoms with Gasteiger partial charge in [0.05, 0.1) is 0 Å². The molecule has 142 valence electrons. The first-order valence-electron chi connectivity index (χ1n) is 9.63. The van der Waals surface area contributed by atoms with E-state index in [-0.39, 0.29) is 24.0 Å². The van der Waals surface area contributed by atoms with Crippen molar-refractivity contribution in [2.24, 2.45) is 10.9 Å². The van der Waals surface area contributed by atoms with Crippen molar-refractivity contribution in [3.63, 3.8) is 0 Å². The van der Waals surface area contributed by atoms with Crippen LogP contribution < -0.4 is 5.32 Å². The van der Waals surface area contributed by atoms with Gasteiger partial charge in [0.1, 0.15) is 0 Å². The van der Waals surface area contributed by atoms with E-state index >= 15 is 0 Å². The van der Waals surface area contributed by atoms with E-state index in [2.05, 4.69) is 40.9 Å². The van der Waals surface area contributed by atoms with Crippen LogP contribution in [0.1, 0.15) is 39.5 Å². The van der Waals surface area contributed by atoms with Gasteiger partial charge in [-0.1, -0.05) is 6.92 Å². The van der Waals surface area contributed by atoms with Crippen molar-refractivity contribution in [2.45, 2.75) is 39.5 Å². The molecule has 0 saturated carbocycles. The molecule has 0 aromatic rings. The normalized spacial score (nSPS) is 24.4. The number of likely N-dealkylation sites (tertiary alicyclic amines) is 1. The molecule has 1 unspecified atom stereocenters. The molecule has 2 rings (SSSR count). The third-order valence-corrected chi connectivity index (χ3v) is 5.00. The lowest BCUT2D eigenvalue weighted by Gasteiger charge is -2.33. The maximum absolute atomic E-state index is 4.89. The Morgan fingerprint density at radius 2 is 1.96 bits per heavy atom. The van der Waals surface area contributed by atoms with Crippen molar-refractivity contribution in [1.29, 1.82) is 0 Å². The SMILES string of the molecule is CCNC(=NCCCN1CCCN(C)CC1)N1CCCC(C)C1.I. The fraction of sp³-hybridized carbons (Fsp3) is 0.944. The van der Waals surface area contributed by atoms with Gasteiger partial charge < -0.3 is 20.0 Å².